The first-order valence-corrected chi connectivity index (χ1v) is 44.6. The van der Waals surface area contributed by atoms with Crippen molar-refractivity contribution in [2.75, 3.05) is 113 Å². The van der Waals surface area contributed by atoms with Crippen LogP contribution in [0.5, 0.6) is 0 Å². The zero-order chi connectivity index (χ0) is 84.8. The molecule has 34 nitrogen and oxygen atoms in total. The van der Waals surface area contributed by atoms with Crippen molar-refractivity contribution in [3.8, 4) is 0 Å². The fourth-order valence-corrected chi connectivity index (χ4v) is 8.20. The standard InChI is InChI=1S/C9H18O6S.C8H16O3S.C7H14O3S.C6H12O3S.C5H10O4S.2C5H10O3S.C5H8O3S.C4H5F3O3S.C4H8O3S/c1-3-16(10,11)15-9-8-14-7-6-13-5-4-12-2;1-3-5-6-7-8-11-12(9,10)4-2;1-5-11(8,9)10-6-7(2,3)4;1-3-5-6-9-10(7,8)4-2;1-3-10(6,7)9-5-4-8-2;1-4-9(6,7)8-5(2)3;2*1-3-5-8-9(6,7)4-2;1-2-11(8,9)10-3-4(5,6)7;1-3-7-8(5,6)4-2/h3H,1,4-9H2,2H3;4H,2-3,5-8H2,1H3;5H,1,6H2,2-4H3;4H,2-3,5-6H2,1H3;3H,1,4-5H2,2H3;4-5H,1H2,2-3H3;4H,2-3,5H2,1H3;3-4H,1-2,5H2;2H,1,3H2;4H,2-3H2,1H3. The number of ether oxygens (including phenoxy) is 4. The van der Waals surface area contributed by atoms with Crippen molar-refractivity contribution in [2.24, 2.45) is 5.41 Å². The van der Waals surface area contributed by atoms with Gasteiger partial charge in [0.15, 0.2) is 6.61 Å². The molecule has 0 heterocycles. The van der Waals surface area contributed by atoms with Gasteiger partial charge in [0.05, 0.1) is 153 Å². The molecule has 0 amide bonds. The molecule has 0 aromatic heterocycles. The van der Waals surface area contributed by atoms with Crippen LogP contribution in [0, 0.1) is 5.41 Å². The van der Waals surface area contributed by atoms with Gasteiger partial charge in [0.1, 0.15) is 0 Å². The molecular formula is C58H111F3O34S10. The van der Waals surface area contributed by atoms with Gasteiger partial charge in [0.25, 0.3) is 101 Å². The van der Waals surface area contributed by atoms with Gasteiger partial charge in [-0.3, -0.25) is 41.8 Å². The van der Waals surface area contributed by atoms with Gasteiger partial charge in [-0.15, -0.1) is 6.58 Å². The van der Waals surface area contributed by atoms with E-state index in [9.17, 15) is 97.3 Å². The Morgan fingerprint density at radius 1 is 0.314 bits per heavy atom. The summed E-state index contributed by atoms with van der Waals surface area (Å²) in [6.07, 6.45) is 2.83. The van der Waals surface area contributed by atoms with Crippen LogP contribution in [0.15, 0.2) is 133 Å². The van der Waals surface area contributed by atoms with E-state index in [0.29, 0.717) is 38.3 Å². The minimum atomic E-state index is -4.64. The van der Waals surface area contributed by atoms with E-state index in [4.69, 9.17) is 14.2 Å². The molecule has 0 aliphatic heterocycles. The monoisotopic (exact) mass is 1730 g/mol. The highest BCUT2D eigenvalue weighted by molar-refractivity contribution is 7.91. The second-order valence-electron chi connectivity index (χ2n) is 19.2. The normalized spacial score (nSPS) is 11.7. The van der Waals surface area contributed by atoms with Crippen molar-refractivity contribution in [3.63, 3.8) is 0 Å². The van der Waals surface area contributed by atoms with Crippen LogP contribution >= 0.6 is 0 Å². The highest BCUT2D eigenvalue weighted by Gasteiger charge is 2.30. The zero-order valence-corrected chi connectivity index (χ0v) is 69.5. The fourth-order valence-electron chi connectivity index (χ4n) is 3.59. The predicted octanol–water partition coefficient (Wildman–Crippen LogP) is 9.10. The lowest BCUT2D eigenvalue weighted by molar-refractivity contribution is -0.152. The Morgan fingerprint density at radius 2 is 0.590 bits per heavy atom. The van der Waals surface area contributed by atoms with E-state index in [2.05, 4.69) is 126 Å². The van der Waals surface area contributed by atoms with Gasteiger partial charge >= 0.3 is 6.18 Å². The maximum atomic E-state index is 11.3. The Bertz CT molecular complexity index is 3440. The first-order chi connectivity index (χ1) is 47.9. The van der Waals surface area contributed by atoms with Crippen LogP contribution in [0.2, 0.25) is 0 Å². The van der Waals surface area contributed by atoms with E-state index in [1.165, 1.54) is 13.2 Å². The highest BCUT2D eigenvalue weighted by Crippen LogP contribution is 2.16. The van der Waals surface area contributed by atoms with Gasteiger partial charge in [0.2, 0.25) is 0 Å². The molecule has 628 valence electrons. The summed E-state index contributed by atoms with van der Waals surface area (Å²) in [4.78, 5) is 0. The molecule has 0 fully saturated rings. The summed E-state index contributed by atoms with van der Waals surface area (Å²) >= 11 is 0. The molecule has 0 unspecified atom stereocenters. The van der Waals surface area contributed by atoms with Crippen molar-refractivity contribution in [1.82, 2.24) is 0 Å². The minimum Gasteiger partial charge on any atom is -0.382 e. The summed E-state index contributed by atoms with van der Waals surface area (Å²) < 4.78 is 306. The number of hydrogen-bond acceptors (Lipinski definition) is 34. The molecule has 0 rings (SSSR count). The van der Waals surface area contributed by atoms with E-state index in [-0.39, 0.29) is 77.6 Å². The van der Waals surface area contributed by atoms with E-state index in [1.807, 2.05) is 34.6 Å². The molecule has 0 N–H and O–H groups in total. The maximum Gasteiger partial charge on any atom is 0.413 e. The summed E-state index contributed by atoms with van der Waals surface area (Å²) in [5.41, 5.74) is -0.143. The van der Waals surface area contributed by atoms with Gasteiger partial charge in [-0.05, 0) is 45.4 Å². The Kier molecular flexibility index (Phi) is 81.5. The number of unbranched alkanes of at least 4 members (excludes halogenated alkanes) is 4. The number of methoxy groups -OCH3 is 2. The molecule has 0 atom stereocenters. The van der Waals surface area contributed by atoms with E-state index < -0.39 is 114 Å². The molecule has 105 heavy (non-hydrogen) atoms. The molecule has 0 saturated heterocycles. The van der Waals surface area contributed by atoms with Gasteiger partial charge in [-0.2, -0.15) is 97.3 Å². The van der Waals surface area contributed by atoms with Crippen molar-refractivity contribution in [1.29, 1.82) is 0 Å². The zero-order valence-electron chi connectivity index (χ0n) is 61.4. The van der Waals surface area contributed by atoms with Crippen LogP contribution in [0.4, 0.5) is 13.2 Å². The molecule has 0 saturated carbocycles. The summed E-state index contributed by atoms with van der Waals surface area (Å²) in [6.45, 7) is 51.8. The van der Waals surface area contributed by atoms with Crippen molar-refractivity contribution < 1.29 is 158 Å². The van der Waals surface area contributed by atoms with E-state index in [1.54, 1.807) is 27.9 Å². The van der Waals surface area contributed by atoms with Crippen LogP contribution in [0.25, 0.3) is 0 Å². The first kappa shape index (κ1) is 122. The largest absolute Gasteiger partial charge is 0.413 e. The molecule has 0 aliphatic rings. The number of rotatable bonds is 48. The molecule has 0 spiro atoms. The number of alkyl halides is 3. The Hall–Kier alpha value is -4.13. The van der Waals surface area contributed by atoms with Crippen LogP contribution in [-0.4, -0.2) is 210 Å². The van der Waals surface area contributed by atoms with Crippen molar-refractivity contribution in [3.05, 3.63) is 133 Å². The Labute approximate surface area is 625 Å². The van der Waals surface area contributed by atoms with E-state index >= 15 is 0 Å². The average molecular weight is 1730 g/mol. The van der Waals surface area contributed by atoms with Crippen molar-refractivity contribution in [2.45, 2.75) is 120 Å². The third kappa shape index (κ3) is 116. The van der Waals surface area contributed by atoms with Crippen molar-refractivity contribution >= 4 is 101 Å². The molecule has 0 radical (unpaired) electrons. The Morgan fingerprint density at radius 3 is 0.867 bits per heavy atom. The topological polar surface area (TPSA) is 471 Å². The predicted molar refractivity (Wildman–Crippen MR) is 397 cm³/mol. The summed E-state index contributed by atoms with van der Waals surface area (Å²) in [5.74, 6) is 0. The second kappa shape index (κ2) is 70.3. The smallest absolute Gasteiger partial charge is 0.382 e. The van der Waals surface area contributed by atoms with Crippen LogP contribution in [0.3, 0.4) is 0 Å². The Balaban J connectivity index is -0.000000120. The molecule has 0 aromatic carbocycles. The average Bonchev–Trinajstić information content (AvgIpc) is 0.927. The van der Waals surface area contributed by atoms with Gasteiger partial charge in [0, 0.05) is 14.2 Å². The molecule has 0 bridgehead atoms. The molecular weight excluding hydrogens is 1620 g/mol. The van der Waals surface area contributed by atoms with Crippen LogP contribution in [0.1, 0.15) is 107 Å². The third-order valence-corrected chi connectivity index (χ3v) is 17.4. The quantitative estimate of drug-likeness (QED) is 0.0311. The van der Waals surface area contributed by atoms with Crippen LogP contribution in [-0.2, 0) is 162 Å². The van der Waals surface area contributed by atoms with Gasteiger partial charge < -0.3 is 18.9 Å². The SMILES string of the molecule is C=CCOS(=O)(=O)C=C.C=CS(=O)(=O)OC(C)C.C=CS(=O)(=O)OCC.C=CS(=O)(=O)OCC(C)(C)C.C=CS(=O)(=O)OCC(F)(F)F.C=CS(=O)(=O)OCCC.C=CS(=O)(=O)OCCCC.C=CS(=O)(=O)OCCCCCC.C=CS(=O)(=O)OCCOC.C=CS(=O)(=O)OCCOCCOCCOC. The van der Waals surface area contributed by atoms with Gasteiger partial charge in [-0.25, -0.2) is 0 Å². The number of halogens is 3. The lowest BCUT2D eigenvalue weighted by Crippen LogP contribution is -2.19. The van der Waals surface area contributed by atoms with E-state index in [0.717, 1.165) is 87.2 Å². The maximum absolute atomic E-state index is 11.3. The minimum absolute atomic E-state index is 0.00560. The summed E-state index contributed by atoms with van der Waals surface area (Å²) in [6, 6.07) is 0. The molecule has 47 heteroatoms. The van der Waals surface area contributed by atoms with Gasteiger partial charge in [-0.1, -0.05) is 139 Å². The molecule has 0 aromatic rings. The highest BCUT2D eigenvalue weighted by atomic mass is 32.3. The lowest BCUT2D eigenvalue weighted by atomic mass is 9.99. The summed E-state index contributed by atoms with van der Waals surface area (Å²) in [5, 5.41) is 7.35. The molecule has 0 aliphatic carbocycles. The third-order valence-electron chi connectivity index (χ3n) is 8.30. The summed E-state index contributed by atoms with van der Waals surface area (Å²) in [7, 11) is -32.4. The lowest BCUT2D eigenvalue weighted by Gasteiger charge is -2.16. The fraction of sp³-hybridized carbons (Fsp3) is 0.621. The van der Waals surface area contributed by atoms with Crippen LogP contribution < -0.4 is 0 Å². The number of hydrogen-bond donors (Lipinski definition) is 0. The second-order valence-corrected chi connectivity index (χ2v) is 34.7. The first-order valence-electron chi connectivity index (χ1n) is 29.9.